The van der Waals surface area contributed by atoms with Gasteiger partial charge in [0.15, 0.2) is 0 Å². The lowest BCUT2D eigenvalue weighted by molar-refractivity contribution is -0.131. The van der Waals surface area contributed by atoms with E-state index in [4.69, 9.17) is 0 Å². The lowest BCUT2D eigenvalue weighted by Crippen LogP contribution is -2.45. The van der Waals surface area contributed by atoms with E-state index in [0.717, 1.165) is 19.4 Å². The number of rotatable bonds is 0. The largest absolute Gasteiger partial charge is 0.333 e. The van der Waals surface area contributed by atoms with Crippen molar-refractivity contribution in [3.05, 3.63) is 35.4 Å². The Hall–Kier alpha value is -1.31. The zero-order valence-corrected chi connectivity index (χ0v) is 8.99. The van der Waals surface area contributed by atoms with Gasteiger partial charge in [-0.05, 0) is 30.9 Å². The van der Waals surface area contributed by atoms with Crippen LogP contribution < -0.4 is 0 Å². The summed E-state index contributed by atoms with van der Waals surface area (Å²) >= 11 is 0. The molecule has 15 heavy (non-hydrogen) atoms. The van der Waals surface area contributed by atoms with Gasteiger partial charge in [-0.25, -0.2) is 0 Å². The van der Waals surface area contributed by atoms with Gasteiger partial charge in [-0.15, -0.1) is 0 Å². The smallest absolute Gasteiger partial charge is 0.223 e. The zero-order chi connectivity index (χ0) is 10.5. The summed E-state index contributed by atoms with van der Waals surface area (Å²) in [7, 11) is 0. The number of carbonyl (C=O) groups is 1. The van der Waals surface area contributed by atoms with Crippen molar-refractivity contribution in [3.8, 4) is 0 Å². The Kier molecular flexibility index (Phi) is 1.70. The molecular weight excluding hydrogens is 186 g/mol. The van der Waals surface area contributed by atoms with Crippen molar-refractivity contribution in [2.75, 3.05) is 6.54 Å². The predicted octanol–water partition coefficient (Wildman–Crippen LogP) is 2.08. The average molecular weight is 201 g/mol. The third kappa shape index (κ3) is 1.08. The van der Waals surface area contributed by atoms with Gasteiger partial charge in [-0.3, -0.25) is 4.79 Å². The van der Waals surface area contributed by atoms with Crippen LogP contribution in [-0.4, -0.2) is 17.4 Å². The van der Waals surface area contributed by atoms with E-state index in [1.54, 1.807) is 0 Å². The molecule has 0 N–H and O–H groups in total. The van der Waals surface area contributed by atoms with Crippen molar-refractivity contribution < 1.29 is 4.79 Å². The van der Waals surface area contributed by atoms with E-state index in [1.807, 2.05) is 0 Å². The van der Waals surface area contributed by atoms with Gasteiger partial charge >= 0.3 is 0 Å². The van der Waals surface area contributed by atoms with Crippen LogP contribution in [0.15, 0.2) is 24.3 Å². The molecule has 1 atom stereocenters. The van der Waals surface area contributed by atoms with Gasteiger partial charge in [-0.1, -0.05) is 24.3 Å². The minimum absolute atomic E-state index is 0.0219. The fourth-order valence-corrected chi connectivity index (χ4v) is 3.04. The van der Waals surface area contributed by atoms with Crippen molar-refractivity contribution in [3.63, 3.8) is 0 Å². The first-order valence-corrected chi connectivity index (χ1v) is 5.61. The summed E-state index contributed by atoms with van der Waals surface area (Å²) in [6.07, 6.45) is 2.70. The van der Waals surface area contributed by atoms with Crippen molar-refractivity contribution in [2.45, 2.75) is 31.7 Å². The molecule has 1 saturated heterocycles. The zero-order valence-electron chi connectivity index (χ0n) is 8.99. The van der Waals surface area contributed by atoms with Crippen LogP contribution in [0.5, 0.6) is 0 Å². The molecule has 2 heterocycles. The molecule has 0 aromatic heterocycles. The van der Waals surface area contributed by atoms with E-state index in [0.29, 0.717) is 12.3 Å². The second-order valence-electron chi connectivity index (χ2n) is 4.73. The average Bonchev–Trinajstić information content (AvgIpc) is 2.56. The van der Waals surface area contributed by atoms with E-state index in [1.165, 1.54) is 11.1 Å². The molecule has 1 amide bonds. The van der Waals surface area contributed by atoms with E-state index in [2.05, 4.69) is 36.1 Å². The van der Waals surface area contributed by atoms with Gasteiger partial charge in [0, 0.05) is 13.0 Å². The van der Waals surface area contributed by atoms with Crippen LogP contribution in [0.3, 0.4) is 0 Å². The second-order valence-corrected chi connectivity index (χ2v) is 4.73. The molecule has 1 aromatic rings. The summed E-state index contributed by atoms with van der Waals surface area (Å²) < 4.78 is 0. The normalized spacial score (nSPS) is 28.9. The number of nitrogens with zero attached hydrogens (tertiary/aromatic N) is 1. The first-order valence-electron chi connectivity index (χ1n) is 5.61. The van der Waals surface area contributed by atoms with Crippen molar-refractivity contribution in [1.82, 2.24) is 4.90 Å². The van der Waals surface area contributed by atoms with Crippen LogP contribution in [0.1, 0.15) is 30.9 Å². The van der Waals surface area contributed by atoms with Crippen molar-refractivity contribution in [2.24, 2.45) is 0 Å². The predicted molar refractivity (Wildman–Crippen MR) is 58.4 cm³/mol. The highest BCUT2D eigenvalue weighted by Gasteiger charge is 2.45. The maximum absolute atomic E-state index is 11.7. The fourth-order valence-electron chi connectivity index (χ4n) is 3.04. The van der Waals surface area contributed by atoms with Gasteiger partial charge in [0.1, 0.15) is 0 Å². The summed E-state index contributed by atoms with van der Waals surface area (Å²) in [5.74, 6) is 0.326. The Morgan fingerprint density at radius 2 is 2.07 bits per heavy atom. The maximum Gasteiger partial charge on any atom is 0.223 e. The molecule has 0 bridgehead atoms. The lowest BCUT2D eigenvalue weighted by Gasteiger charge is -2.41. The molecule has 2 aliphatic heterocycles. The summed E-state index contributed by atoms with van der Waals surface area (Å²) in [6.45, 7) is 3.10. The highest BCUT2D eigenvalue weighted by Crippen LogP contribution is 2.43. The highest BCUT2D eigenvalue weighted by atomic mass is 16.2. The number of hydrogen-bond donors (Lipinski definition) is 0. The first-order chi connectivity index (χ1) is 7.22. The third-order valence-electron chi connectivity index (χ3n) is 3.92. The SMILES string of the molecule is C[C@@]12CCC(=O)N1CCc1ccccc12. The summed E-state index contributed by atoms with van der Waals surface area (Å²) in [4.78, 5) is 13.8. The maximum atomic E-state index is 11.7. The third-order valence-corrected chi connectivity index (χ3v) is 3.92. The standard InChI is InChI=1S/C13H15NO/c1-13-8-6-12(15)14(13)9-7-10-4-2-3-5-11(10)13/h2-5H,6-9H2,1H3/t13-/m0/s1. The van der Waals surface area contributed by atoms with E-state index < -0.39 is 0 Å². The van der Waals surface area contributed by atoms with Crippen LogP contribution >= 0.6 is 0 Å². The van der Waals surface area contributed by atoms with Crippen LogP contribution in [-0.2, 0) is 16.8 Å². The monoisotopic (exact) mass is 201 g/mol. The Morgan fingerprint density at radius 1 is 1.27 bits per heavy atom. The molecule has 0 radical (unpaired) electrons. The molecular formula is C13H15NO. The van der Waals surface area contributed by atoms with Gasteiger partial charge in [-0.2, -0.15) is 0 Å². The fraction of sp³-hybridized carbons (Fsp3) is 0.462. The summed E-state index contributed by atoms with van der Waals surface area (Å²) in [5.41, 5.74) is 2.76. The molecule has 0 aliphatic carbocycles. The van der Waals surface area contributed by atoms with Gasteiger partial charge in [0.25, 0.3) is 0 Å². The molecule has 78 valence electrons. The van der Waals surface area contributed by atoms with E-state index >= 15 is 0 Å². The Morgan fingerprint density at radius 3 is 2.93 bits per heavy atom. The quantitative estimate of drug-likeness (QED) is 0.629. The first kappa shape index (κ1) is 8.96. The highest BCUT2D eigenvalue weighted by molar-refractivity contribution is 5.80. The van der Waals surface area contributed by atoms with Gasteiger partial charge in [0.2, 0.25) is 5.91 Å². The summed E-state index contributed by atoms with van der Waals surface area (Å²) in [6, 6.07) is 8.55. The Bertz CT molecular complexity index is 426. The summed E-state index contributed by atoms with van der Waals surface area (Å²) in [5, 5.41) is 0. The van der Waals surface area contributed by atoms with Crippen LogP contribution in [0.25, 0.3) is 0 Å². The van der Waals surface area contributed by atoms with Crippen molar-refractivity contribution in [1.29, 1.82) is 0 Å². The van der Waals surface area contributed by atoms with Crippen LogP contribution in [0.2, 0.25) is 0 Å². The van der Waals surface area contributed by atoms with Gasteiger partial charge in [0.05, 0.1) is 5.54 Å². The number of amides is 1. The molecule has 1 aromatic carbocycles. The number of fused-ring (bicyclic) bond motifs is 3. The molecule has 2 aliphatic rings. The lowest BCUT2D eigenvalue weighted by atomic mass is 9.82. The molecule has 2 nitrogen and oxygen atoms in total. The molecule has 0 unspecified atom stereocenters. The van der Waals surface area contributed by atoms with Crippen LogP contribution in [0.4, 0.5) is 0 Å². The minimum Gasteiger partial charge on any atom is -0.333 e. The van der Waals surface area contributed by atoms with Gasteiger partial charge < -0.3 is 4.90 Å². The molecule has 3 rings (SSSR count). The molecule has 1 fully saturated rings. The van der Waals surface area contributed by atoms with Crippen molar-refractivity contribution >= 4 is 5.91 Å². The molecule has 2 heteroatoms. The number of benzene rings is 1. The van der Waals surface area contributed by atoms with E-state index in [-0.39, 0.29) is 5.54 Å². The molecule has 0 saturated carbocycles. The van der Waals surface area contributed by atoms with E-state index in [9.17, 15) is 4.79 Å². The minimum atomic E-state index is -0.0219. The Labute approximate surface area is 89.9 Å². The van der Waals surface area contributed by atoms with Crippen LogP contribution in [0, 0.1) is 0 Å². The number of hydrogen-bond acceptors (Lipinski definition) is 1. The topological polar surface area (TPSA) is 20.3 Å². The molecule has 0 spiro atoms. The number of carbonyl (C=O) groups excluding carboxylic acids is 1. The Balaban J connectivity index is 2.16. The second kappa shape index (κ2) is 2.84.